The highest BCUT2D eigenvalue weighted by molar-refractivity contribution is 7.14. The predicted octanol–water partition coefficient (Wildman–Crippen LogP) is 3.97. The molecule has 1 aromatic carbocycles. The molecule has 0 saturated heterocycles. The zero-order valence-corrected chi connectivity index (χ0v) is 16.6. The van der Waals surface area contributed by atoms with E-state index in [1.165, 1.54) is 25.6 Å². The van der Waals surface area contributed by atoms with Gasteiger partial charge in [-0.05, 0) is 23.6 Å². The molecule has 0 spiro atoms. The van der Waals surface area contributed by atoms with Crippen LogP contribution < -0.4 is 14.3 Å². The third-order valence-electron chi connectivity index (χ3n) is 3.64. The molecule has 0 aliphatic carbocycles. The van der Waals surface area contributed by atoms with E-state index in [1.54, 1.807) is 40.4 Å². The van der Waals surface area contributed by atoms with Gasteiger partial charge in [-0.3, -0.25) is 4.99 Å². The molecular formula is C19H19N3O3S2. The lowest BCUT2D eigenvalue weighted by Gasteiger charge is -2.09. The smallest absolute Gasteiger partial charge is 0.206 e. The lowest BCUT2D eigenvalue weighted by atomic mass is 10.2. The highest BCUT2D eigenvalue weighted by Crippen LogP contribution is 2.36. The summed E-state index contributed by atoms with van der Waals surface area (Å²) in [5.41, 5.74) is 1.69. The Bertz CT molecular complexity index is 992. The molecule has 0 atom stereocenters. The van der Waals surface area contributed by atoms with Crippen molar-refractivity contribution in [3.05, 3.63) is 58.0 Å². The number of methoxy groups -OCH3 is 2. The van der Waals surface area contributed by atoms with Crippen LogP contribution >= 0.6 is 22.7 Å². The second-order valence-corrected chi connectivity index (χ2v) is 7.12. The molecule has 0 saturated carbocycles. The maximum Gasteiger partial charge on any atom is 0.206 e. The fraction of sp³-hybridized carbons (Fsp3) is 0.158. The van der Waals surface area contributed by atoms with Crippen molar-refractivity contribution in [3.8, 4) is 27.8 Å². The minimum Gasteiger partial charge on any atom is -0.502 e. The van der Waals surface area contributed by atoms with Crippen LogP contribution in [0.5, 0.6) is 17.2 Å². The largest absolute Gasteiger partial charge is 0.502 e. The van der Waals surface area contributed by atoms with E-state index in [0.717, 1.165) is 20.9 Å². The van der Waals surface area contributed by atoms with E-state index >= 15 is 0 Å². The van der Waals surface area contributed by atoms with Crippen molar-refractivity contribution in [1.82, 2.24) is 4.68 Å². The Labute approximate surface area is 165 Å². The number of phenols is 1. The second kappa shape index (κ2) is 8.70. The van der Waals surface area contributed by atoms with Crippen LogP contribution in [-0.2, 0) is 0 Å². The number of thiazole rings is 1. The summed E-state index contributed by atoms with van der Waals surface area (Å²) in [6.07, 6.45) is 3.43. The van der Waals surface area contributed by atoms with Crippen molar-refractivity contribution in [2.45, 2.75) is 0 Å². The van der Waals surface area contributed by atoms with Gasteiger partial charge in [0.1, 0.15) is 0 Å². The molecule has 2 heterocycles. The molecule has 1 N–H and O–H groups in total. The lowest BCUT2D eigenvalue weighted by Crippen LogP contribution is -2.12. The summed E-state index contributed by atoms with van der Waals surface area (Å²) in [6, 6.07) is 7.43. The molecule has 3 aromatic rings. The van der Waals surface area contributed by atoms with E-state index in [4.69, 9.17) is 9.47 Å². The summed E-state index contributed by atoms with van der Waals surface area (Å²) in [5, 5.41) is 18.7. The quantitative estimate of drug-likeness (QED) is 0.481. The topological polar surface area (TPSA) is 68.3 Å². The summed E-state index contributed by atoms with van der Waals surface area (Å²) in [5.74, 6) is 0.601. The number of aromatic hydroxyl groups is 1. The Morgan fingerprint density at radius 3 is 2.56 bits per heavy atom. The molecule has 6 nitrogen and oxygen atoms in total. The summed E-state index contributed by atoms with van der Waals surface area (Å²) in [6.45, 7) is 4.23. The first-order valence-electron chi connectivity index (χ1n) is 8.03. The molecule has 8 heteroatoms. The molecule has 0 bridgehead atoms. The number of ether oxygens (including phenoxy) is 2. The van der Waals surface area contributed by atoms with Crippen LogP contribution in [0.1, 0.15) is 5.56 Å². The summed E-state index contributed by atoms with van der Waals surface area (Å²) < 4.78 is 12.2. The van der Waals surface area contributed by atoms with E-state index in [2.05, 4.69) is 16.7 Å². The summed E-state index contributed by atoms with van der Waals surface area (Å²) >= 11 is 3.16. The van der Waals surface area contributed by atoms with E-state index in [1.807, 2.05) is 22.9 Å². The number of thiophene rings is 1. The Kier molecular flexibility index (Phi) is 6.10. The molecule has 3 rings (SSSR count). The zero-order chi connectivity index (χ0) is 19.2. The van der Waals surface area contributed by atoms with Crippen molar-refractivity contribution in [1.29, 1.82) is 0 Å². The van der Waals surface area contributed by atoms with Gasteiger partial charge in [0.05, 0.1) is 37.6 Å². The summed E-state index contributed by atoms with van der Waals surface area (Å²) in [4.78, 5) is 6.39. The minimum absolute atomic E-state index is 0.0405. The van der Waals surface area contributed by atoms with Gasteiger partial charge in [-0.25, -0.2) is 4.68 Å². The number of rotatable bonds is 7. The van der Waals surface area contributed by atoms with Crippen molar-refractivity contribution < 1.29 is 14.6 Å². The van der Waals surface area contributed by atoms with Gasteiger partial charge in [-0.2, -0.15) is 5.10 Å². The van der Waals surface area contributed by atoms with Gasteiger partial charge in [-0.1, -0.05) is 12.1 Å². The van der Waals surface area contributed by atoms with Gasteiger partial charge in [-0.15, -0.1) is 29.3 Å². The Hall–Kier alpha value is -2.84. The van der Waals surface area contributed by atoms with Crippen LogP contribution in [0.3, 0.4) is 0 Å². The Morgan fingerprint density at radius 1 is 1.22 bits per heavy atom. The molecule has 0 aliphatic heterocycles. The minimum atomic E-state index is -0.0405. The molecule has 0 unspecified atom stereocenters. The van der Waals surface area contributed by atoms with Crippen LogP contribution in [0.4, 0.5) is 0 Å². The van der Waals surface area contributed by atoms with Crippen molar-refractivity contribution in [2.24, 2.45) is 10.1 Å². The first-order valence-corrected chi connectivity index (χ1v) is 9.79. The van der Waals surface area contributed by atoms with E-state index in [9.17, 15) is 5.11 Å². The number of hydrogen-bond donors (Lipinski definition) is 1. The third kappa shape index (κ3) is 4.12. The number of benzene rings is 1. The van der Waals surface area contributed by atoms with Gasteiger partial charge < -0.3 is 14.6 Å². The SMILES string of the molecule is C=CCN=c1scc(-c2cccs2)n1N=Cc1cc(OC)c(O)c(OC)c1. The molecule has 27 heavy (non-hydrogen) atoms. The number of hydrogen-bond acceptors (Lipinski definition) is 7. The maximum atomic E-state index is 10.1. The van der Waals surface area contributed by atoms with Crippen LogP contribution in [-0.4, -0.2) is 36.8 Å². The molecule has 0 fully saturated rings. The van der Waals surface area contributed by atoms with Crippen molar-refractivity contribution >= 4 is 28.9 Å². The van der Waals surface area contributed by atoms with Gasteiger partial charge in [0.2, 0.25) is 10.6 Å². The van der Waals surface area contributed by atoms with Gasteiger partial charge in [0, 0.05) is 10.9 Å². The van der Waals surface area contributed by atoms with Gasteiger partial charge >= 0.3 is 0 Å². The normalized spacial score (nSPS) is 11.9. The van der Waals surface area contributed by atoms with Crippen LogP contribution in [0.25, 0.3) is 10.6 Å². The van der Waals surface area contributed by atoms with E-state index in [-0.39, 0.29) is 5.75 Å². The first-order chi connectivity index (χ1) is 13.2. The fourth-order valence-electron chi connectivity index (χ4n) is 2.37. The fourth-order valence-corrected chi connectivity index (χ4v) is 4.01. The van der Waals surface area contributed by atoms with E-state index < -0.39 is 0 Å². The molecular weight excluding hydrogens is 382 g/mol. The monoisotopic (exact) mass is 401 g/mol. The van der Waals surface area contributed by atoms with Crippen molar-refractivity contribution in [3.63, 3.8) is 0 Å². The average Bonchev–Trinajstić information content (AvgIpc) is 3.34. The Morgan fingerprint density at radius 2 is 1.96 bits per heavy atom. The predicted molar refractivity (Wildman–Crippen MR) is 110 cm³/mol. The summed E-state index contributed by atoms with van der Waals surface area (Å²) in [7, 11) is 2.98. The van der Waals surface area contributed by atoms with Crippen LogP contribution in [0.2, 0.25) is 0 Å². The molecule has 140 valence electrons. The molecule has 2 aromatic heterocycles. The third-order valence-corrected chi connectivity index (χ3v) is 5.39. The Balaban J connectivity index is 2.07. The number of phenolic OH excluding ortho intramolecular Hbond substituents is 1. The molecule has 0 radical (unpaired) electrons. The van der Waals surface area contributed by atoms with Gasteiger partial charge in [0.25, 0.3) is 0 Å². The molecule has 0 aliphatic rings. The van der Waals surface area contributed by atoms with E-state index in [0.29, 0.717) is 18.0 Å². The second-order valence-electron chi connectivity index (χ2n) is 5.34. The highest BCUT2D eigenvalue weighted by atomic mass is 32.1. The van der Waals surface area contributed by atoms with Gasteiger partial charge in [0.15, 0.2) is 11.5 Å². The average molecular weight is 402 g/mol. The van der Waals surface area contributed by atoms with Crippen molar-refractivity contribution in [2.75, 3.05) is 20.8 Å². The zero-order valence-electron chi connectivity index (χ0n) is 15.0. The standard InChI is InChI=1S/C19H19N3O3S2/c1-4-7-20-19-22(14(12-27-19)17-6-5-8-26-17)21-11-13-9-15(24-2)18(23)16(10-13)25-3/h4-6,8-12,23H,1,7H2,2-3H3. The van der Waals surface area contributed by atoms with Crippen LogP contribution in [0.15, 0.2) is 57.8 Å². The van der Waals surface area contributed by atoms with Crippen LogP contribution in [0, 0.1) is 0 Å². The lowest BCUT2D eigenvalue weighted by molar-refractivity contribution is 0.340. The first kappa shape index (κ1) is 18.9. The number of nitrogens with zero attached hydrogens (tertiary/aromatic N) is 3. The molecule has 0 amide bonds. The highest BCUT2D eigenvalue weighted by Gasteiger charge is 2.11. The maximum absolute atomic E-state index is 10.1. The number of aromatic nitrogens is 1.